The Balaban J connectivity index is 1.78. The maximum absolute atomic E-state index is 2.74. The number of hydrogen-bond acceptors (Lipinski definition) is 2. The van der Waals surface area contributed by atoms with Crippen LogP contribution in [0.3, 0.4) is 0 Å². The summed E-state index contributed by atoms with van der Waals surface area (Å²) in [6, 6.07) is 1.63. The maximum atomic E-state index is 2.74. The van der Waals surface area contributed by atoms with E-state index in [4.69, 9.17) is 0 Å². The zero-order valence-corrected chi connectivity index (χ0v) is 10.6. The van der Waals surface area contributed by atoms with Gasteiger partial charge in [-0.2, -0.15) is 0 Å². The molecule has 0 saturated carbocycles. The highest BCUT2D eigenvalue weighted by Crippen LogP contribution is 2.24. The van der Waals surface area contributed by atoms with Crippen LogP contribution in [-0.4, -0.2) is 48.1 Å². The summed E-state index contributed by atoms with van der Waals surface area (Å²) in [5, 5.41) is 0. The molecule has 2 aliphatic heterocycles. The third kappa shape index (κ3) is 2.73. The molecule has 0 bridgehead atoms. The van der Waals surface area contributed by atoms with E-state index in [1.807, 2.05) is 0 Å². The van der Waals surface area contributed by atoms with E-state index in [1.165, 1.54) is 45.4 Å². The van der Waals surface area contributed by atoms with Crippen LogP contribution in [0.4, 0.5) is 0 Å². The van der Waals surface area contributed by atoms with Crippen molar-refractivity contribution in [2.45, 2.75) is 52.1 Å². The van der Waals surface area contributed by atoms with Crippen LogP contribution in [0.2, 0.25) is 0 Å². The average molecular weight is 210 g/mol. The van der Waals surface area contributed by atoms with Crippen molar-refractivity contribution < 1.29 is 0 Å². The predicted octanol–water partition coefficient (Wildman–Crippen LogP) is 2.20. The minimum absolute atomic E-state index is 0.739. The highest BCUT2D eigenvalue weighted by atomic mass is 15.2. The molecule has 15 heavy (non-hydrogen) atoms. The van der Waals surface area contributed by atoms with Crippen LogP contribution in [0, 0.1) is 5.92 Å². The molecule has 2 saturated heterocycles. The van der Waals surface area contributed by atoms with E-state index in [0.717, 1.165) is 18.0 Å². The fourth-order valence-corrected chi connectivity index (χ4v) is 3.07. The first-order chi connectivity index (χ1) is 7.16. The molecule has 0 aromatic heterocycles. The van der Waals surface area contributed by atoms with E-state index in [1.54, 1.807) is 0 Å². The zero-order valence-electron chi connectivity index (χ0n) is 10.6. The quantitative estimate of drug-likeness (QED) is 0.689. The number of rotatable bonds is 2. The molecule has 0 N–H and O–H groups in total. The summed E-state index contributed by atoms with van der Waals surface area (Å²) < 4.78 is 0. The van der Waals surface area contributed by atoms with Crippen LogP contribution in [-0.2, 0) is 0 Å². The molecule has 0 amide bonds. The Morgan fingerprint density at radius 2 is 1.67 bits per heavy atom. The highest BCUT2D eigenvalue weighted by molar-refractivity contribution is 4.84. The van der Waals surface area contributed by atoms with Gasteiger partial charge in [-0.05, 0) is 58.7 Å². The normalized spacial score (nSPS) is 31.6. The van der Waals surface area contributed by atoms with Gasteiger partial charge in [0.1, 0.15) is 0 Å². The number of nitrogens with zero attached hydrogens (tertiary/aromatic N) is 2. The third-order valence-electron chi connectivity index (χ3n) is 4.20. The van der Waals surface area contributed by atoms with Gasteiger partial charge in [-0.15, -0.1) is 0 Å². The summed E-state index contributed by atoms with van der Waals surface area (Å²) in [5.41, 5.74) is 0. The van der Waals surface area contributed by atoms with Crippen LogP contribution < -0.4 is 0 Å². The second-order valence-corrected chi connectivity index (χ2v) is 5.75. The summed E-state index contributed by atoms with van der Waals surface area (Å²) in [7, 11) is 0. The molecule has 88 valence electrons. The first-order valence-corrected chi connectivity index (χ1v) is 6.65. The molecular weight excluding hydrogens is 184 g/mol. The first kappa shape index (κ1) is 11.4. The van der Waals surface area contributed by atoms with Gasteiger partial charge in [0, 0.05) is 18.6 Å². The Bertz CT molecular complexity index is 195. The summed E-state index contributed by atoms with van der Waals surface area (Å²) >= 11 is 0. The molecule has 0 aliphatic carbocycles. The maximum Gasteiger partial charge on any atom is 0.0120 e. The van der Waals surface area contributed by atoms with E-state index >= 15 is 0 Å². The third-order valence-corrected chi connectivity index (χ3v) is 4.20. The Morgan fingerprint density at radius 1 is 1.00 bits per heavy atom. The topological polar surface area (TPSA) is 6.48 Å². The summed E-state index contributed by atoms with van der Waals surface area (Å²) in [4.78, 5) is 5.36. The van der Waals surface area contributed by atoms with Crippen molar-refractivity contribution in [2.75, 3.05) is 26.2 Å². The molecular formula is C13H26N2. The van der Waals surface area contributed by atoms with Crippen LogP contribution in [0.5, 0.6) is 0 Å². The lowest BCUT2D eigenvalue weighted by molar-refractivity contribution is 0.105. The Morgan fingerprint density at radius 3 is 2.13 bits per heavy atom. The van der Waals surface area contributed by atoms with E-state index < -0.39 is 0 Å². The second-order valence-electron chi connectivity index (χ2n) is 5.75. The van der Waals surface area contributed by atoms with E-state index in [-0.39, 0.29) is 0 Å². The van der Waals surface area contributed by atoms with Gasteiger partial charge in [-0.1, -0.05) is 6.92 Å². The fourth-order valence-electron chi connectivity index (χ4n) is 3.07. The largest absolute Gasteiger partial charge is 0.301 e. The van der Waals surface area contributed by atoms with Gasteiger partial charge < -0.3 is 9.80 Å². The molecule has 2 nitrogen and oxygen atoms in total. The molecule has 2 fully saturated rings. The Kier molecular flexibility index (Phi) is 3.68. The van der Waals surface area contributed by atoms with Crippen molar-refractivity contribution in [3.63, 3.8) is 0 Å². The number of hydrogen-bond donors (Lipinski definition) is 0. The van der Waals surface area contributed by atoms with Crippen LogP contribution in [0.1, 0.15) is 40.0 Å². The predicted molar refractivity (Wildman–Crippen MR) is 65.1 cm³/mol. The van der Waals surface area contributed by atoms with Gasteiger partial charge in [0.05, 0.1) is 0 Å². The molecule has 2 heteroatoms. The SMILES string of the molecule is CC(C)N1CCC(N2CC[C@@H](C)C2)CC1. The fraction of sp³-hybridized carbons (Fsp3) is 1.00. The van der Waals surface area contributed by atoms with Gasteiger partial charge in [-0.25, -0.2) is 0 Å². The van der Waals surface area contributed by atoms with Gasteiger partial charge in [0.2, 0.25) is 0 Å². The van der Waals surface area contributed by atoms with Crippen LogP contribution in [0.25, 0.3) is 0 Å². The highest BCUT2D eigenvalue weighted by Gasteiger charge is 2.29. The minimum atomic E-state index is 0.739. The molecule has 1 atom stereocenters. The van der Waals surface area contributed by atoms with Crippen molar-refractivity contribution in [2.24, 2.45) is 5.92 Å². The van der Waals surface area contributed by atoms with Crippen molar-refractivity contribution in [1.82, 2.24) is 9.80 Å². The van der Waals surface area contributed by atoms with E-state index in [9.17, 15) is 0 Å². The second kappa shape index (κ2) is 4.84. The Hall–Kier alpha value is -0.0800. The summed E-state index contributed by atoms with van der Waals surface area (Å²) in [5.74, 6) is 0.938. The number of piperidine rings is 1. The van der Waals surface area contributed by atoms with Gasteiger partial charge in [0.15, 0.2) is 0 Å². The first-order valence-electron chi connectivity index (χ1n) is 6.65. The van der Waals surface area contributed by atoms with Gasteiger partial charge in [-0.3, -0.25) is 0 Å². The lowest BCUT2D eigenvalue weighted by Crippen LogP contribution is -2.46. The molecule has 0 aromatic rings. The van der Waals surface area contributed by atoms with Crippen molar-refractivity contribution in [3.8, 4) is 0 Å². The van der Waals surface area contributed by atoms with Gasteiger partial charge in [0.25, 0.3) is 0 Å². The molecule has 0 radical (unpaired) electrons. The number of likely N-dealkylation sites (tertiary alicyclic amines) is 2. The van der Waals surface area contributed by atoms with Crippen LogP contribution >= 0.6 is 0 Å². The lowest BCUT2D eigenvalue weighted by Gasteiger charge is -2.38. The average Bonchev–Trinajstić information content (AvgIpc) is 2.65. The molecule has 0 aromatic carbocycles. The minimum Gasteiger partial charge on any atom is -0.301 e. The van der Waals surface area contributed by atoms with Crippen molar-refractivity contribution in [1.29, 1.82) is 0 Å². The molecule has 0 unspecified atom stereocenters. The van der Waals surface area contributed by atoms with Gasteiger partial charge >= 0.3 is 0 Å². The van der Waals surface area contributed by atoms with E-state index in [0.29, 0.717) is 0 Å². The zero-order chi connectivity index (χ0) is 10.8. The molecule has 2 aliphatic rings. The summed E-state index contributed by atoms with van der Waals surface area (Å²) in [6.45, 7) is 12.4. The molecule has 2 heterocycles. The van der Waals surface area contributed by atoms with Crippen molar-refractivity contribution >= 4 is 0 Å². The Labute approximate surface area is 94.6 Å². The monoisotopic (exact) mass is 210 g/mol. The molecule has 2 rings (SSSR count). The molecule has 0 spiro atoms. The van der Waals surface area contributed by atoms with E-state index in [2.05, 4.69) is 30.6 Å². The lowest BCUT2D eigenvalue weighted by atomic mass is 10.0. The smallest absolute Gasteiger partial charge is 0.0120 e. The van der Waals surface area contributed by atoms with Crippen LogP contribution in [0.15, 0.2) is 0 Å². The van der Waals surface area contributed by atoms with Crippen molar-refractivity contribution in [3.05, 3.63) is 0 Å². The standard InChI is InChI=1S/C13H26N2/c1-11(2)14-8-5-13(6-9-14)15-7-4-12(3)10-15/h11-13H,4-10H2,1-3H3/t12-/m1/s1. The summed E-state index contributed by atoms with van der Waals surface area (Å²) in [6.07, 6.45) is 4.21.